The summed E-state index contributed by atoms with van der Waals surface area (Å²) in [6, 6.07) is 7.02. The topological polar surface area (TPSA) is 56.0 Å². The number of aryl methyl sites for hydroxylation is 1. The second-order valence-corrected chi connectivity index (χ2v) is 10.4. The number of aromatic nitrogens is 1. The van der Waals surface area contributed by atoms with Crippen molar-refractivity contribution >= 4 is 56.2 Å². The highest BCUT2D eigenvalue weighted by atomic mass is 35.5. The third-order valence-corrected chi connectivity index (χ3v) is 7.35. The molecule has 2 heterocycles. The van der Waals surface area contributed by atoms with Crippen molar-refractivity contribution in [2.75, 3.05) is 5.73 Å². The molecule has 0 bridgehead atoms. The van der Waals surface area contributed by atoms with Crippen LogP contribution in [0, 0.1) is 11.3 Å². The number of ketones is 1. The van der Waals surface area contributed by atoms with Gasteiger partial charge < -0.3 is 5.73 Å². The molecule has 1 aromatic carbocycles. The lowest BCUT2D eigenvalue weighted by Crippen LogP contribution is -2.27. The van der Waals surface area contributed by atoms with Gasteiger partial charge >= 0.3 is 0 Å². The van der Waals surface area contributed by atoms with E-state index in [1.54, 1.807) is 18.2 Å². The highest BCUT2D eigenvalue weighted by molar-refractivity contribution is 7.21. The highest BCUT2D eigenvalue weighted by Crippen LogP contribution is 2.41. The molecule has 3 nitrogen and oxygen atoms in total. The first-order valence-electron chi connectivity index (χ1n) is 9.35. The summed E-state index contributed by atoms with van der Waals surface area (Å²) in [5.74, 6) is 0.431. The number of rotatable bonds is 2. The number of nitrogen functional groups attached to an aromatic ring is 1. The van der Waals surface area contributed by atoms with Gasteiger partial charge in [0.05, 0.1) is 10.7 Å². The van der Waals surface area contributed by atoms with Crippen molar-refractivity contribution in [1.82, 2.24) is 4.98 Å². The number of hydrogen-bond donors (Lipinski definition) is 1. The fraction of sp³-hybridized carbons (Fsp3) is 0.364. The Kier molecular flexibility index (Phi) is 4.93. The Morgan fingerprint density at radius 3 is 2.68 bits per heavy atom. The van der Waals surface area contributed by atoms with Crippen LogP contribution in [0.3, 0.4) is 0 Å². The van der Waals surface area contributed by atoms with E-state index in [0.717, 1.165) is 35.2 Å². The van der Waals surface area contributed by atoms with Gasteiger partial charge in [-0.05, 0) is 60.4 Å². The summed E-state index contributed by atoms with van der Waals surface area (Å²) in [7, 11) is 0. The molecule has 0 spiro atoms. The SMILES string of the molecule is CC(C)(C)C1CCc2nc3sc(C(=O)c4ccc(Cl)cc4Cl)c(N)c3cc2C1. The van der Waals surface area contributed by atoms with Crippen molar-refractivity contribution in [3.63, 3.8) is 0 Å². The Morgan fingerprint density at radius 1 is 1.25 bits per heavy atom. The van der Waals surface area contributed by atoms with Gasteiger partial charge in [-0.25, -0.2) is 4.98 Å². The maximum absolute atomic E-state index is 13.0. The first-order chi connectivity index (χ1) is 13.1. The second kappa shape index (κ2) is 7.01. The fourth-order valence-electron chi connectivity index (χ4n) is 3.89. The molecule has 2 N–H and O–H groups in total. The van der Waals surface area contributed by atoms with Crippen molar-refractivity contribution < 1.29 is 4.79 Å². The molecule has 146 valence electrons. The van der Waals surface area contributed by atoms with Gasteiger partial charge in [-0.1, -0.05) is 44.0 Å². The molecule has 0 aliphatic heterocycles. The van der Waals surface area contributed by atoms with E-state index in [9.17, 15) is 4.79 Å². The predicted molar refractivity (Wildman–Crippen MR) is 119 cm³/mol. The van der Waals surface area contributed by atoms with Crippen LogP contribution in [0.25, 0.3) is 10.2 Å². The van der Waals surface area contributed by atoms with Crippen LogP contribution in [0.1, 0.15) is 53.7 Å². The molecule has 28 heavy (non-hydrogen) atoms. The molecule has 0 radical (unpaired) electrons. The first kappa shape index (κ1) is 19.7. The lowest BCUT2D eigenvalue weighted by Gasteiger charge is -2.34. The van der Waals surface area contributed by atoms with Crippen LogP contribution in [0.5, 0.6) is 0 Å². The van der Waals surface area contributed by atoms with E-state index in [4.69, 9.17) is 33.9 Å². The van der Waals surface area contributed by atoms with E-state index in [1.165, 1.54) is 16.9 Å². The average molecular weight is 433 g/mol. The Hall–Kier alpha value is -1.62. The largest absolute Gasteiger partial charge is 0.397 e. The molecule has 0 fully saturated rings. The number of fused-ring (bicyclic) bond motifs is 2. The van der Waals surface area contributed by atoms with Crippen molar-refractivity contribution in [3.05, 3.63) is 56.0 Å². The molecule has 4 rings (SSSR count). The van der Waals surface area contributed by atoms with E-state index in [1.807, 2.05) is 0 Å². The van der Waals surface area contributed by atoms with Crippen LogP contribution in [-0.2, 0) is 12.8 Å². The van der Waals surface area contributed by atoms with Gasteiger partial charge in [0.1, 0.15) is 9.71 Å². The number of anilines is 1. The molecule has 0 saturated heterocycles. The summed E-state index contributed by atoms with van der Waals surface area (Å²) in [5, 5.41) is 1.69. The summed E-state index contributed by atoms with van der Waals surface area (Å²) in [6.45, 7) is 6.88. The van der Waals surface area contributed by atoms with Crippen LogP contribution in [0.4, 0.5) is 5.69 Å². The molecule has 1 unspecified atom stereocenters. The zero-order chi connectivity index (χ0) is 20.2. The van der Waals surface area contributed by atoms with Crippen LogP contribution in [0.15, 0.2) is 24.3 Å². The zero-order valence-corrected chi connectivity index (χ0v) is 18.4. The lowest BCUT2D eigenvalue weighted by molar-refractivity contribution is 0.104. The second-order valence-electron chi connectivity index (χ2n) is 8.55. The Morgan fingerprint density at radius 2 is 2.00 bits per heavy atom. The van der Waals surface area contributed by atoms with Gasteiger partial charge in [0, 0.05) is 21.7 Å². The number of halogens is 2. The number of pyridine rings is 1. The Balaban J connectivity index is 1.77. The Bertz CT molecular complexity index is 1100. The molecule has 6 heteroatoms. The number of benzene rings is 1. The summed E-state index contributed by atoms with van der Waals surface area (Å²) < 4.78 is 0. The molecule has 1 aliphatic carbocycles. The van der Waals surface area contributed by atoms with Gasteiger partial charge in [-0.3, -0.25) is 4.79 Å². The van der Waals surface area contributed by atoms with E-state index in [0.29, 0.717) is 32.1 Å². The van der Waals surface area contributed by atoms with E-state index in [-0.39, 0.29) is 11.2 Å². The molecule has 1 atom stereocenters. The van der Waals surface area contributed by atoms with Crippen LogP contribution >= 0.6 is 34.5 Å². The third kappa shape index (κ3) is 3.42. The van der Waals surface area contributed by atoms with Crippen LogP contribution in [0.2, 0.25) is 10.0 Å². The lowest BCUT2D eigenvalue weighted by atomic mass is 9.71. The maximum Gasteiger partial charge on any atom is 0.206 e. The van der Waals surface area contributed by atoms with E-state index >= 15 is 0 Å². The number of hydrogen-bond acceptors (Lipinski definition) is 4. The van der Waals surface area contributed by atoms with Gasteiger partial charge in [0.25, 0.3) is 0 Å². The molecular weight excluding hydrogens is 411 g/mol. The predicted octanol–water partition coefficient (Wildman–Crippen LogP) is 6.57. The van der Waals surface area contributed by atoms with Gasteiger partial charge in [0.15, 0.2) is 0 Å². The summed E-state index contributed by atoms with van der Waals surface area (Å²) in [5.41, 5.74) is 9.94. The highest BCUT2D eigenvalue weighted by Gasteiger charge is 2.30. The zero-order valence-electron chi connectivity index (χ0n) is 16.1. The summed E-state index contributed by atoms with van der Waals surface area (Å²) >= 11 is 13.5. The van der Waals surface area contributed by atoms with E-state index in [2.05, 4.69) is 26.8 Å². The van der Waals surface area contributed by atoms with Crippen molar-refractivity contribution in [1.29, 1.82) is 0 Å². The maximum atomic E-state index is 13.0. The van der Waals surface area contributed by atoms with E-state index < -0.39 is 0 Å². The minimum Gasteiger partial charge on any atom is -0.397 e. The molecule has 0 saturated carbocycles. The number of carbonyl (C=O) groups is 1. The molecule has 1 aliphatic rings. The smallest absolute Gasteiger partial charge is 0.206 e. The fourth-order valence-corrected chi connectivity index (χ4v) is 5.44. The minimum atomic E-state index is -0.187. The number of nitrogens with zero attached hydrogens (tertiary/aromatic N) is 1. The Labute approximate surface area is 178 Å². The van der Waals surface area contributed by atoms with Gasteiger partial charge in [0.2, 0.25) is 5.78 Å². The molecule has 0 amide bonds. The van der Waals surface area contributed by atoms with Crippen molar-refractivity contribution in [3.8, 4) is 0 Å². The normalized spacial score (nSPS) is 17.0. The number of thiophene rings is 1. The van der Waals surface area contributed by atoms with Crippen molar-refractivity contribution in [2.24, 2.45) is 11.3 Å². The van der Waals surface area contributed by atoms with Gasteiger partial charge in [-0.2, -0.15) is 0 Å². The standard InChI is InChI=1S/C22H22Cl2N2OS/c1-22(2,3)12-4-7-17-11(8-12)9-15-18(25)20(28-21(15)26-17)19(27)14-6-5-13(23)10-16(14)24/h5-6,9-10,12H,4,7-8,25H2,1-3H3. The molecule has 3 aromatic rings. The summed E-state index contributed by atoms with van der Waals surface area (Å²) in [6.07, 6.45) is 3.11. The van der Waals surface area contributed by atoms with Gasteiger partial charge in [-0.15, -0.1) is 11.3 Å². The minimum absolute atomic E-state index is 0.187. The quantitative estimate of drug-likeness (QED) is 0.465. The number of carbonyl (C=O) groups excluding carboxylic acids is 1. The van der Waals surface area contributed by atoms with Crippen molar-refractivity contribution in [2.45, 2.75) is 40.0 Å². The third-order valence-electron chi connectivity index (χ3n) is 5.69. The molecule has 2 aromatic heterocycles. The molecular formula is C22H22Cl2N2OS. The van der Waals surface area contributed by atoms with Crippen LogP contribution < -0.4 is 5.73 Å². The average Bonchev–Trinajstić information content (AvgIpc) is 2.94. The summed E-state index contributed by atoms with van der Waals surface area (Å²) in [4.78, 5) is 19.2. The first-order valence-corrected chi connectivity index (χ1v) is 10.9. The van der Waals surface area contributed by atoms with Crippen LogP contribution in [-0.4, -0.2) is 10.8 Å². The monoisotopic (exact) mass is 432 g/mol. The number of nitrogens with two attached hydrogens (primary N) is 1.